The molecule has 7 heteroatoms. The highest BCUT2D eigenvalue weighted by Crippen LogP contribution is 2.38. The first-order chi connectivity index (χ1) is 11.1. The summed E-state index contributed by atoms with van der Waals surface area (Å²) in [5, 5.41) is 6.79. The Hall–Kier alpha value is -0.570. The highest BCUT2D eigenvalue weighted by Gasteiger charge is 2.42. The minimum absolute atomic E-state index is 0. The van der Waals surface area contributed by atoms with E-state index in [4.69, 9.17) is 4.74 Å². The molecule has 0 aromatic carbocycles. The molecule has 0 spiro atoms. The first kappa shape index (κ1) is 21.5. The van der Waals surface area contributed by atoms with Crippen LogP contribution < -0.4 is 10.6 Å². The Morgan fingerprint density at radius 1 is 1.21 bits per heavy atom. The maximum atomic E-state index is 12.6. The fraction of sp³-hybridized carbons (Fsp3) is 0.882. The molecule has 0 atom stereocenters. The Morgan fingerprint density at radius 2 is 1.83 bits per heavy atom. The fourth-order valence-corrected chi connectivity index (χ4v) is 3.66. The van der Waals surface area contributed by atoms with Gasteiger partial charge in [0, 0.05) is 47.4 Å². The van der Waals surface area contributed by atoms with Crippen molar-refractivity contribution in [2.24, 2.45) is 16.3 Å². The minimum atomic E-state index is -0.264. The Bertz CT molecular complexity index is 417. The molecule has 6 nitrogen and oxygen atoms in total. The zero-order valence-corrected chi connectivity index (χ0v) is 17.6. The zero-order valence-electron chi connectivity index (χ0n) is 15.3. The third-order valence-corrected chi connectivity index (χ3v) is 5.14. The van der Waals surface area contributed by atoms with E-state index < -0.39 is 0 Å². The van der Waals surface area contributed by atoms with Crippen LogP contribution in [0.25, 0.3) is 0 Å². The van der Waals surface area contributed by atoms with E-state index in [0.29, 0.717) is 12.5 Å². The second kappa shape index (κ2) is 10.4. The van der Waals surface area contributed by atoms with Crippen LogP contribution in [0.5, 0.6) is 0 Å². The molecule has 1 saturated heterocycles. The molecule has 1 heterocycles. The Balaban J connectivity index is 0.00000288. The maximum Gasteiger partial charge on any atom is 0.230 e. The lowest BCUT2D eigenvalue weighted by Crippen LogP contribution is -2.49. The molecule has 1 aliphatic carbocycles. The molecule has 1 saturated carbocycles. The van der Waals surface area contributed by atoms with Crippen molar-refractivity contribution in [3.05, 3.63) is 0 Å². The van der Waals surface area contributed by atoms with Crippen LogP contribution in [-0.4, -0.2) is 64.2 Å². The monoisotopic (exact) mass is 452 g/mol. The van der Waals surface area contributed by atoms with E-state index >= 15 is 0 Å². The van der Waals surface area contributed by atoms with Crippen molar-refractivity contribution in [3.63, 3.8) is 0 Å². The summed E-state index contributed by atoms with van der Waals surface area (Å²) in [6.45, 7) is 3.30. The molecule has 2 aliphatic rings. The Kier molecular flexibility index (Phi) is 9.33. The molecule has 0 aromatic heterocycles. The van der Waals surface area contributed by atoms with E-state index in [0.717, 1.165) is 64.2 Å². The van der Waals surface area contributed by atoms with Gasteiger partial charge in [0.15, 0.2) is 5.96 Å². The number of carbonyl (C=O) groups is 1. The van der Waals surface area contributed by atoms with Gasteiger partial charge in [0.2, 0.25) is 5.91 Å². The van der Waals surface area contributed by atoms with Gasteiger partial charge in [0.05, 0.1) is 5.41 Å². The van der Waals surface area contributed by atoms with Gasteiger partial charge in [-0.2, -0.15) is 0 Å². The van der Waals surface area contributed by atoms with E-state index in [1.165, 1.54) is 0 Å². The summed E-state index contributed by atoms with van der Waals surface area (Å²) in [7, 11) is 5.48. The van der Waals surface area contributed by atoms with Crippen LogP contribution in [0.2, 0.25) is 0 Å². The highest BCUT2D eigenvalue weighted by molar-refractivity contribution is 14.0. The first-order valence-corrected chi connectivity index (χ1v) is 8.81. The summed E-state index contributed by atoms with van der Waals surface area (Å²) in [5.41, 5.74) is -0.264. The lowest BCUT2D eigenvalue weighted by molar-refractivity contribution is -0.138. The summed E-state index contributed by atoms with van der Waals surface area (Å²) < 4.78 is 5.39. The van der Waals surface area contributed by atoms with Crippen molar-refractivity contribution in [1.82, 2.24) is 15.5 Å². The molecule has 24 heavy (non-hydrogen) atoms. The van der Waals surface area contributed by atoms with Gasteiger partial charge >= 0.3 is 0 Å². The van der Waals surface area contributed by atoms with Crippen LogP contribution in [0.4, 0.5) is 0 Å². The number of nitrogens with zero attached hydrogens (tertiary/aromatic N) is 2. The summed E-state index contributed by atoms with van der Waals surface area (Å²) in [6.07, 6.45) is 6.41. The third kappa shape index (κ3) is 5.75. The molecule has 1 aliphatic heterocycles. The van der Waals surface area contributed by atoms with Crippen LogP contribution in [0, 0.1) is 11.3 Å². The minimum Gasteiger partial charge on any atom is -0.381 e. The molecule has 0 radical (unpaired) electrons. The zero-order chi connectivity index (χ0) is 16.7. The number of nitrogens with one attached hydrogen (secondary N) is 2. The van der Waals surface area contributed by atoms with Crippen molar-refractivity contribution in [1.29, 1.82) is 0 Å². The van der Waals surface area contributed by atoms with Gasteiger partial charge in [-0.25, -0.2) is 0 Å². The molecule has 0 aromatic rings. The lowest BCUT2D eigenvalue weighted by atomic mass is 9.84. The number of hydrogen-bond donors (Lipinski definition) is 2. The number of ether oxygens (including phenoxy) is 1. The van der Waals surface area contributed by atoms with Gasteiger partial charge in [-0.15, -0.1) is 24.0 Å². The van der Waals surface area contributed by atoms with Crippen LogP contribution in [0.1, 0.15) is 38.5 Å². The van der Waals surface area contributed by atoms with E-state index in [1.807, 2.05) is 14.1 Å². The van der Waals surface area contributed by atoms with Crippen LogP contribution in [-0.2, 0) is 9.53 Å². The normalized spacial score (nSPS) is 21.0. The molecular weight excluding hydrogens is 419 g/mol. The van der Waals surface area contributed by atoms with Crippen LogP contribution in [0.3, 0.4) is 0 Å². The van der Waals surface area contributed by atoms with Gasteiger partial charge < -0.3 is 20.3 Å². The standard InChI is InChI=1S/C17H32N4O2.HI/c1-18-16(19-12-14-6-10-23-11-7-14)20-13-17(8-4-5-9-17)15(22)21(2)3;/h14H,4-13H2,1-3H3,(H2,18,19,20);1H. The number of hydrogen-bond acceptors (Lipinski definition) is 3. The quantitative estimate of drug-likeness (QED) is 0.380. The summed E-state index contributed by atoms with van der Waals surface area (Å²) in [6, 6.07) is 0. The number of guanidine groups is 1. The molecule has 2 N–H and O–H groups in total. The van der Waals surface area contributed by atoms with Crippen molar-refractivity contribution in [2.45, 2.75) is 38.5 Å². The average molecular weight is 452 g/mol. The van der Waals surface area contributed by atoms with Gasteiger partial charge in [0.25, 0.3) is 0 Å². The molecule has 140 valence electrons. The van der Waals surface area contributed by atoms with Crippen molar-refractivity contribution in [2.75, 3.05) is 47.4 Å². The van der Waals surface area contributed by atoms with Crippen LogP contribution >= 0.6 is 24.0 Å². The van der Waals surface area contributed by atoms with E-state index in [-0.39, 0.29) is 35.3 Å². The maximum absolute atomic E-state index is 12.6. The lowest BCUT2D eigenvalue weighted by Gasteiger charge is -2.31. The van der Waals surface area contributed by atoms with E-state index in [9.17, 15) is 4.79 Å². The number of halogens is 1. The van der Waals surface area contributed by atoms with Gasteiger partial charge in [0.1, 0.15) is 0 Å². The molecule has 0 unspecified atom stereocenters. The summed E-state index contributed by atoms with van der Waals surface area (Å²) in [4.78, 5) is 18.6. The van der Waals surface area contributed by atoms with Crippen molar-refractivity contribution < 1.29 is 9.53 Å². The molecule has 0 bridgehead atoms. The topological polar surface area (TPSA) is 66.0 Å². The van der Waals surface area contributed by atoms with Gasteiger partial charge in [-0.05, 0) is 31.6 Å². The van der Waals surface area contributed by atoms with Gasteiger partial charge in [-0.1, -0.05) is 12.8 Å². The fourth-order valence-electron chi connectivity index (χ4n) is 3.66. The molecule has 2 rings (SSSR count). The SMILES string of the molecule is CN=C(NCC1CCOCC1)NCC1(C(=O)N(C)C)CCCC1.I. The van der Waals surface area contributed by atoms with Gasteiger partial charge in [-0.3, -0.25) is 9.79 Å². The largest absolute Gasteiger partial charge is 0.381 e. The molecule has 2 fully saturated rings. The smallest absolute Gasteiger partial charge is 0.230 e. The number of amides is 1. The Morgan fingerprint density at radius 3 is 2.38 bits per heavy atom. The highest BCUT2D eigenvalue weighted by atomic mass is 127. The predicted octanol–water partition coefficient (Wildman–Crippen LogP) is 1.84. The Labute approximate surface area is 163 Å². The van der Waals surface area contributed by atoms with E-state index in [2.05, 4.69) is 15.6 Å². The van der Waals surface area contributed by atoms with Crippen LogP contribution in [0.15, 0.2) is 4.99 Å². The number of rotatable bonds is 5. The number of aliphatic imine (C=N–C) groups is 1. The molecular formula is C17H33IN4O2. The second-order valence-corrected chi connectivity index (χ2v) is 7.05. The summed E-state index contributed by atoms with van der Waals surface area (Å²) in [5.74, 6) is 1.68. The number of carbonyl (C=O) groups excluding carboxylic acids is 1. The summed E-state index contributed by atoms with van der Waals surface area (Å²) >= 11 is 0. The average Bonchev–Trinajstić information content (AvgIpc) is 3.05. The third-order valence-electron chi connectivity index (χ3n) is 5.14. The van der Waals surface area contributed by atoms with E-state index in [1.54, 1.807) is 11.9 Å². The first-order valence-electron chi connectivity index (χ1n) is 8.81. The van der Waals surface area contributed by atoms with Crippen molar-refractivity contribution >= 4 is 35.8 Å². The predicted molar refractivity (Wildman–Crippen MR) is 108 cm³/mol. The second-order valence-electron chi connectivity index (χ2n) is 7.05. The molecule has 1 amide bonds. The van der Waals surface area contributed by atoms with Crippen molar-refractivity contribution in [3.8, 4) is 0 Å².